The molecule has 0 saturated carbocycles. The minimum atomic E-state index is -4.70. The highest BCUT2D eigenvalue weighted by Gasteiger charge is 2.59. The highest BCUT2D eigenvalue weighted by atomic mass is 32.2. The van der Waals surface area contributed by atoms with Gasteiger partial charge in [-0.1, -0.05) is 6.07 Å². The molecule has 1 aromatic heterocycles. The Morgan fingerprint density at radius 2 is 1.02 bits per heavy atom. The van der Waals surface area contributed by atoms with Gasteiger partial charge in [0.15, 0.2) is 41.8 Å². The maximum absolute atomic E-state index is 13.9. The van der Waals surface area contributed by atoms with Crippen LogP contribution in [0.25, 0.3) is 0 Å². The average Bonchev–Trinajstić information content (AvgIpc) is 3.03. The molecule has 2 saturated heterocycles. The topological polar surface area (TPSA) is 259 Å². The lowest BCUT2D eigenvalue weighted by molar-refractivity contribution is -0.341. The third-order valence-electron chi connectivity index (χ3n) is 7.12. The van der Waals surface area contributed by atoms with Gasteiger partial charge in [-0.25, -0.2) is 13.4 Å². The highest BCUT2D eigenvalue weighted by molar-refractivity contribution is 7.91. The van der Waals surface area contributed by atoms with Gasteiger partial charge in [-0.2, -0.15) is 0 Å². The molecule has 2 aliphatic rings. The standard InChI is InChI=1S/C31H39NO19S/c1-14(33)42-12-21-24(44-16(3)35)26(45-17(4)36)28(47-19(6)38)30(49-21)51-25-22(13-43-15(2)34)50-31(52(40,41)23-10-8-9-11-32-23)29(48-20(7)39)27(25)46-18(5)37/h8-11,21-22,24-31H,12-13H2,1-7H3/t21-,22-,24-,25-,26+,27+,28-,29-,30-,31?/m1/s1. The predicted molar refractivity (Wildman–Crippen MR) is 165 cm³/mol. The molecule has 20 nitrogen and oxygen atoms in total. The lowest BCUT2D eigenvalue weighted by Crippen LogP contribution is -2.67. The van der Waals surface area contributed by atoms with Crippen molar-refractivity contribution in [2.45, 2.75) is 114 Å². The molecular weight excluding hydrogens is 722 g/mol. The second-order valence-electron chi connectivity index (χ2n) is 11.4. The van der Waals surface area contributed by atoms with E-state index in [1.165, 1.54) is 18.3 Å². The Morgan fingerprint density at radius 1 is 0.577 bits per heavy atom. The quantitative estimate of drug-likeness (QED) is 0.181. The first kappa shape index (κ1) is 41.7. The van der Waals surface area contributed by atoms with Crippen LogP contribution in [0.2, 0.25) is 0 Å². The van der Waals surface area contributed by atoms with Crippen LogP contribution in [0.1, 0.15) is 48.5 Å². The van der Waals surface area contributed by atoms with Crippen molar-refractivity contribution in [3.63, 3.8) is 0 Å². The summed E-state index contributed by atoms with van der Waals surface area (Å²) in [5.74, 6) is -6.56. The van der Waals surface area contributed by atoms with Gasteiger partial charge in [0.2, 0.25) is 15.3 Å². The monoisotopic (exact) mass is 761 g/mol. The van der Waals surface area contributed by atoms with E-state index in [9.17, 15) is 42.0 Å². The lowest BCUT2D eigenvalue weighted by atomic mass is 9.96. The van der Waals surface area contributed by atoms with Crippen molar-refractivity contribution < 1.29 is 89.3 Å². The van der Waals surface area contributed by atoms with Gasteiger partial charge < -0.3 is 47.4 Å². The summed E-state index contributed by atoms with van der Waals surface area (Å²) in [7, 11) is -4.70. The summed E-state index contributed by atoms with van der Waals surface area (Å²) in [5.41, 5.74) is -2.15. The molecule has 2 fully saturated rings. The molecule has 0 amide bonds. The number of sulfone groups is 1. The number of pyridine rings is 1. The van der Waals surface area contributed by atoms with Gasteiger partial charge in [0.25, 0.3) is 0 Å². The number of rotatable bonds is 13. The van der Waals surface area contributed by atoms with Crippen molar-refractivity contribution in [2.24, 2.45) is 0 Å². The highest BCUT2D eigenvalue weighted by Crippen LogP contribution is 2.37. The second-order valence-corrected chi connectivity index (χ2v) is 13.3. The van der Waals surface area contributed by atoms with E-state index >= 15 is 0 Å². The van der Waals surface area contributed by atoms with Crippen molar-refractivity contribution in [3.8, 4) is 0 Å². The Bertz CT molecular complexity index is 1600. The Hall–Kier alpha value is -4.73. The van der Waals surface area contributed by atoms with Gasteiger partial charge in [-0.05, 0) is 12.1 Å². The third-order valence-corrected chi connectivity index (χ3v) is 8.94. The van der Waals surface area contributed by atoms with Gasteiger partial charge >= 0.3 is 41.8 Å². The zero-order chi connectivity index (χ0) is 38.9. The first-order valence-corrected chi connectivity index (χ1v) is 17.1. The molecule has 3 rings (SSSR count). The van der Waals surface area contributed by atoms with Crippen molar-refractivity contribution >= 4 is 51.6 Å². The Labute approximate surface area is 297 Å². The molecule has 52 heavy (non-hydrogen) atoms. The van der Waals surface area contributed by atoms with E-state index < -0.39 is 130 Å². The van der Waals surface area contributed by atoms with E-state index in [1.807, 2.05) is 0 Å². The molecule has 1 unspecified atom stereocenters. The average molecular weight is 762 g/mol. The summed E-state index contributed by atoms with van der Waals surface area (Å²) in [6, 6.07) is 3.93. The number of ether oxygens (including phenoxy) is 10. The number of carbonyl (C=O) groups is 7. The summed E-state index contributed by atoms with van der Waals surface area (Å²) in [6.45, 7) is 5.59. The first-order valence-electron chi connectivity index (χ1n) is 15.6. The smallest absolute Gasteiger partial charge is 0.303 e. The molecule has 288 valence electrons. The number of hydrogen-bond donors (Lipinski definition) is 0. The molecule has 0 spiro atoms. The number of esters is 7. The molecule has 0 N–H and O–H groups in total. The van der Waals surface area contributed by atoms with Crippen LogP contribution < -0.4 is 0 Å². The Kier molecular flexibility index (Phi) is 14.6. The lowest BCUT2D eigenvalue weighted by Gasteiger charge is -2.48. The second kappa shape index (κ2) is 18.2. The van der Waals surface area contributed by atoms with Crippen molar-refractivity contribution in [1.29, 1.82) is 0 Å². The molecule has 0 aromatic carbocycles. The van der Waals surface area contributed by atoms with Gasteiger partial charge in [0.1, 0.15) is 31.5 Å². The van der Waals surface area contributed by atoms with Gasteiger partial charge in [0.05, 0.1) is 0 Å². The number of nitrogens with zero attached hydrogens (tertiary/aromatic N) is 1. The van der Waals surface area contributed by atoms with Crippen molar-refractivity contribution in [1.82, 2.24) is 4.98 Å². The SMILES string of the molecule is CC(=O)OC[C@H]1O[C@H](O[C@H]2[C@H](OC(C)=O)[C@@H](OC(C)=O)C(S(=O)(=O)c3ccccn3)O[C@@H]2COC(C)=O)[C@H](OC(C)=O)[C@@H](OC(C)=O)[C@@H]1OC(C)=O. The molecule has 1 aromatic rings. The van der Waals surface area contributed by atoms with Crippen LogP contribution in [0, 0.1) is 0 Å². The summed E-state index contributed by atoms with van der Waals surface area (Å²) >= 11 is 0. The molecule has 21 heteroatoms. The van der Waals surface area contributed by atoms with E-state index in [4.69, 9.17) is 47.4 Å². The largest absolute Gasteiger partial charge is 0.463 e. The maximum Gasteiger partial charge on any atom is 0.303 e. The van der Waals surface area contributed by atoms with Crippen LogP contribution in [-0.2, 0) is 90.8 Å². The number of aromatic nitrogens is 1. The molecule has 10 atom stereocenters. The molecule has 0 bridgehead atoms. The molecule has 0 radical (unpaired) electrons. The van der Waals surface area contributed by atoms with Crippen LogP contribution in [-0.4, -0.2) is 129 Å². The summed E-state index contributed by atoms with van der Waals surface area (Å²) in [4.78, 5) is 89.4. The van der Waals surface area contributed by atoms with E-state index in [2.05, 4.69) is 4.98 Å². The summed E-state index contributed by atoms with van der Waals surface area (Å²) < 4.78 is 83.3. The number of hydrogen-bond acceptors (Lipinski definition) is 20. The zero-order valence-electron chi connectivity index (χ0n) is 29.1. The van der Waals surface area contributed by atoms with Crippen LogP contribution in [0.4, 0.5) is 0 Å². The fourth-order valence-electron chi connectivity index (χ4n) is 5.36. The summed E-state index contributed by atoms with van der Waals surface area (Å²) in [6.07, 6.45) is -14.7. The van der Waals surface area contributed by atoms with Crippen LogP contribution >= 0.6 is 0 Å². The van der Waals surface area contributed by atoms with Crippen LogP contribution in [0.15, 0.2) is 29.4 Å². The maximum atomic E-state index is 13.9. The van der Waals surface area contributed by atoms with E-state index in [-0.39, 0.29) is 0 Å². The summed E-state index contributed by atoms with van der Waals surface area (Å²) in [5, 5.41) is -0.524. The Morgan fingerprint density at radius 3 is 1.48 bits per heavy atom. The van der Waals surface area contributed by atoms with Gasteiger partial charge in [-0.3, -0.25) is 33.6 Å². The van der Waals surface area contributed by atoms with Crippen LogP contribution in [0.5, 0.6) is 0 Å². The third kappa shape index (κ3) is 11.1. The van der Waals surface area contributed by atoms with Crippen molar-refractivity contribution in [2.75, 3.05) is 13.2 Å². The minimum absolute atomic E-state index is 0.524. The molecule has 2 aliphatic heterocycles. The molecule has 3 heterocycles. The normalized spacial score (nSPS) is 28.7. The Balaban J connectivity index is 2.24. The fourth-order valence-corrected chi connectivity index (χ4v) is 6.92. The van der Waals surface area contributed by atoms with Crippen molar-refractivity contribution in [3.05, 3.63) is 24.4 Å². The number of carbonyl (C=O) groups excluding carboxylic acids is 7. The fraction of sp³-hybridized carbons (Fsp3) is 0.613. The minimum Gasteiger partial charge on any atom is -0.463 e. The van der Waals surface area contributed by atoms with Gasteiger partial charge in [0, 0.05) is 54.7 Å². The molecule has 0 aliphatic carbocycles. The van der Waals surface area contributed by atoms with E-state index in [0.717, 1.165) is 54.5 Å². The van der Waals surface area contributed by atoms with E-state index in [1.54, 1.807) is 0 Å². The molecular formula is C31H39NO19S. The van der Waals surface area contributed by atoms with Gasteiger partial charge in [-0.15, -0.1) is 0 Å². The zero-order valence-corrected chi connectivity index (χ0v) is 29.9. The first-order chi connectivity index (χ1) is 24.3. The predicted octanol–water partition coefficient (Wildman–Crippen LogP) is -0.525. The van der Waals surface area contributed by atoms with E-state index in [0.29, 0.717) is 0 Å². The van der Waals surface area contributed by atoms with Crippen LogP contribution in [0.3, 0.4) is 0 Å².